The van der Waals surface area contributed by atoms with E-state index in [1.165, 1.54) is 18.4 Å². The first-order valence-corrected chi connectivity index (χ1v) is 8.84. The molecule has 3 N–H and O–H groups in total. The number of fused-ring (bicyclic) bond motifs is 2. The predicted molar refractivity (Wildman–Crippen MR) is 104 cm³/mol. The van der Waals surface area contributed by atoms with Crippen molar-refractivity contribution in [3.63, 3.8) is 0 Å². The minimum absolute atomic E-state index is 0.714. The van der Waals surface area contributed by atoms with Crippen LogP contribution < -0.4 is 10.7 Å². The van der Waals surface area contributed by atoms with E-state index in [-0.39, 0.29) is 0 Å². The van der Waals surface area contributed by atoms with E-state index in [0.29, 0.717) is 5.02 Å². The summed E-state index contributed by atoms with van der Waals surface area (Å²) >= 11 is 6.15. The molecule has 0 bridgehead atoms. The van der Waals surface area contributed by atoms with Gasteiger partial charge in [-0.3, -0.25) is 0 Å². The number of nitrogens with zero attached hydrogens (tertiary/aromatic N) is 2. The molecule has 0 aliphatic heterocycles. The standard InChI is InChI=1S/C19H18ClN5/c1-21-25-18-7-4-12(11-2-3-11)8-16(18)23-19(25)24-17-10-22-15-6-5-13(20)9-14(15)17/h4-11,21-22H,2-3H2,1H3,(H,23,24). The molecule has 0 amide bonds. The topological polar surface area (TPSA) is 57.7 Å². The molecule has 1 aliphatic rings. The van der Waals surface area contributed by atoms with Crippen LogP contribution in [0.3, 0.4) is 0 Å². The molecule has 4 aromatic rings. The summed E-state index contributed by atoms with van der Waals surface area (Å²) in [7, 11) is 1.90. The van der Waals surface area contributed by atoms with E-state index >= 15 is 0 Å². The molecule has 2 aromatic heterocycles. The van der Waals surface area contributed by atoms with E-state index in [4.69, 9.17) is 16.6 Å². The summed E-state index contributed by atoms with van der Waals surface area (Å²) < 4.78 is 1.97. The van der Waals surface area contributed by atoms with Crippen molar-refractivity contribution in [2.24, 2.45) is 0 Å². The Morgan fingerprint density at radius 1 is 1.20 bits per heavy atom. The average Bonchev–Trinajstić information content (AvgIpc) is 3.31. The number of nitrogens with one attached hydrogen (secondary N) is 3. The third-order valence-electron chi connectivity index (χ3n) is 4.84. The van der Waals surface area contributed by atoms with Gasteiger partial charge < -0.3 is 15.7 Å². The summed E-state index contributed by atoms with van der Waals surface area (Å²) in [5.41, 5.74) is 8.65. The van der Waals surface area contributed by atoms with Crippen LogP contribution >= 0.6 is 11.6 Å². The smallest absolute Gasteiger partial charge is 0.227 e. The van der Waals surface area contributed by atoms with Gasteiger partial charge in [0.05, 0.1) is 16.7 Å². The Morgan fingerprint density at radius 3 is 2.88 bits per heavy atom. The highest BCUT2D eigenvalue weighted by molar-refractivity contribution is 6.31. The van der Waals surface area contributed by atoms with Crippen molar-refractivity contribution < 1.29 is 0 Å². The molecule has 1 saturated carbocycles. The molecule has 0 spiro atoms. The van der Waals surface area contributed by atoms with Crippen molar-refractivity contribution >= 4 is 45.2 Å². The number of anilines is 2. The lowest BCUT2D eigenvalue weighted by molar-refractivity contribution is 0.966. The van der Waals surface area contributed by atoms with E-state index in [0.717, 1.165) is 39.5 Å². The molecule has 6 heteroatoms. The van der Waals surface area contributed by atoms with Crippen LogP contribution in [0.1, 0.15) is 24.3 Å². The second-order valence-corrected chi connectivity index (χ2v) is 6.97. The number of hydrogen-bond acceptors (Lipinski definition) is 3. The number of benzene rings is 2. The fourth-order valence-electron chi connectivity index (χ4n) is 3.39. The summed E-state index contributed by atoms with van der Waals surface area (Å²) in [6.45, 7) is 0. The number of aromatic nitrogens is 3. The molecular formula is C19H18ClN5. The van der Waals surface area contributed by atoms with Gasteiger partial charge in [-0.2, -0.15) is 0 Å². The molecule has 5 rings (SSSR count). The molecule has 5 nitrogen and oxygen atoms in total. The minimum atomic E-state index is 0.714. The van der Waals surface area contributed by atoms with Crippen molar-refractivity contribution in [3.05, 3.63) is 53.2 Å². The molecule has 25 heavy (non-hydrogen) atoms. The van der Waals surface area contributed by atoms with Crippen molar-refractivity contribution in [1.82, 2.24) is 14.6 Å². The first-order chi connectivity index (χ1) is 12.2. The van der Waals surface area contributed by atoms with Gasteiger partial charge in [-0.25, -0.2) is 9.66 Å². The quantitative estimate of drug-likeness (QED) is 0.486. The number of rotatable bonds is 4. The van der Waals surface area contributed by atoms with Gasteiger partial charge in [-0.1, -0.05) is 17.7 Å². The number of imidazole rings is 1. The molecule has 2 aromatic carbocycles. The Kier molecular flexibility index (Phi) is 3.18. The van der Waals surface area contributed by atoms with Crippen molar-refractivity contribution in [2.75, 3.05) is 17.8 Å². The molecule has 2 heterocycles. The summed E-state index contributed by atoms with van der Waals surface area (Å²) in [4.78, 5) is 8.06. The maximum Gasteiger partial charge on any atom is 0.227 e. The van der Waals surface area contributed by atoms with E-state index in [2.05, 4.69) is 33.9 Å². The summed E-state index contributed by atoms with van der Waals surface area (Å²) in [5.74, 6) is 1.47. The van der Waals surface area contributed by atoms with Gasteiger partial charge >= 0.3 is 0 Å². The monoisotopic (exact) mass is 351 g/mol. The first kappa shape index (κ1) is 14.7. The lowest BCUT2D eigenvalue weighted by Crippen LogP contribution is -2.11. The van der Waals surface area contributed by atoms with Crippen molar-refractivity contribution in [1.29, 1.82) is 0 Å². The van der Waals surface area contributed by atoms with Crippen LogP contribution in [-0.4, -0.2) is 21.7 Å². The molecule has 0 saturated heterocycles. The average molecular weight is 352 g/mol. The van der Waals surface area contributed by atoms with Crippen molar-refractivity contribution in [3.8, 4) is 0 Å². The summed E-state index contributed by atoms with van der Waals surface area (Å²) in [5, 5.41) is 5.18. The van der Waals surface area contributed by atoms with Gasteiger partial charge in [0.15, 0.2) is 0 Å². The fraction of sp³-hybridized carbons (Fsp3) is 0.211. The van der Waals surface area contributed by atoms with Gasteiger partial charge in [0.2, 0.25) is 5.95 Å². The summed E-state index contributed by atoms with van der Waals surface area (Å²) in [6.07, 6.45) is 4.52. The Hall–Kier alpha value is -2.66. The first-order valence-electron chi connectivity index (χ1n) is 8.47. The maximum absolute atomic E-state index is 6.15. The highest BCUT2D eigenvalue weighted by Crippen LogP contribution is 2.41. The van der Waals surface area contributed by atoms with Gasteiger partial charge in [0.25, 0.3) is 0 Å². The summed E-state index contributed by atoms with van der Waals surface area (Å²) in [6, 6.07) is 12.4. The van der Waals surface area contributed by atoms with Gasteiger partial charge in [-0.15, -0.1) is 0 Å². The van der Waals surface area contributed by atoms with Gasteiger partial charge in [-0.05, 0) is 54.7 Å². The highest BCUT2D eigenvalue weighted by atomic mass is 35.5. The van der Waals surface area contributed by atoms with Crippen LogP contribution in [0.4, 0.5) is 11.6 Å². The number of aromatic amines is 1. The number of halogens is 1. The molecule has 0 atom stereocenters. The zero-order valence-corrected chi connectivity index (χ0v) is 14.6. The fourth-order valence-corrected chi connectivity index (χ4v) is 3.57. The number of hydrogen-bond donors (Lipinski definition) is 3. The molecule has 126 valence electrons. The van der Waals surface area contributed by atoms with Crippen LogP contribution in [0.5, 0.6) is 0 Å². The lowest BCUT2D eigenvalue weighted by atomic mass is 10.1. The van der Waals surface area contributed by atoms with Crippen LogP contribution in [0.2, 0.25) is 5.02 Å². The van der Waals surface area contributed by atoms with Crippen LogP contribution in [0, 0.1) is 0 Å². The third-order valence-corrected chi connectivity index (χ3v) is 5.08. The van der Waals surface area contributed by atoms with Crippen LogP contribution in [0.15, 0.2) is 42.6 Å². The maximum atomic E-state index is 6.15. The molecular weight excluding hydrogens is 334 g/mol. The highest BCUT2D eigenvalue weighted by Gasteiger charge is 2.24. The van der Waals surface area contributed by atoms with Gasteiger partial charge in [0.1, 0.15) is 0 Å². The van der Waals surface area contributed by atoms with E-state index < -0.39 is 0 Å². The lowest BCUT2D eigenvalue weighted by Gasteiger charge is -2.09. The molecule has 1 fully saturated rings. The van der Waals surface area contributed by atoms with E-state index in [1.807, 2.05) is 36.1 Å². The Balaban J connectivity index is 1.60. The molecule has 1 aliphatic carbocycles. The molecule has 0 radical (unpaired) electrons. The Labute approximate surface area is 150 Å². The second-order valence-electron chi connectivity index (χ2n) is 6.53. The van der Waals surface area contributed by atoms with E-state index in [1.54, 1.807) is 0 Å². The normalized spacial score (nSPS) is 14.3. The second kappa shape index (κ2) is 5.43. The largest absolute Gasteiger partial charge is 0.359 e. The third kappa shape index (κ3) is 2.43. The zero-order chi connectivity index (χ0) is 17.0. The van der Waals surface area contributed by atoms with Gasteiger partial charge in [0, 0.05) is 29.2 Å². The van der Waals surface area contributed by atoms with Crippen LogP contribution in [0.25, 0.3) is 21.9 Å². The predicted octanol–water partition coefficient (Wildman–Crippen LogP) is 4.97. The van der Waals surface area contributed by atoms with Crippen LogP contribution in [-0.2, 0) is 0 Å². The SMILES string of the molecule is CNn1c(Nc2c[nH]c3ccc(Cl)cc23)nc2cc(C3CC3)ccc21. The minimum Gasteiger partial charge on any atom is -0.359 e. The molecule has 0 unspecified atom stereocenters. The zero-order valence-electron chi connectivity index (χ0n) is 13.8. The number of H-pyrrole nitrogens is 1. The van der Waals surface area contributed by atoms with E-state index in [9.17, 15) is 0 Å². The van der Waals surface area contributed by atoms with Crippen molar-refractivity contribution in [2.45, 2.75) is 18.8 Å². The Bertz CT molecular complexity index is 1090. The Morgan fingerprint density at radius 2 is 2.08 bits per heavy atom.